The summed E-state index contributed by atoms with van der Waals surface area (Å²) in [6, 6.07) is 12.0. The fourth-order valence-corrected chi connectivity index (χ4v) is 3.90. The van der Waals surface area contributed by atoms with Crippen LogP contribution in [0.1, 0.15) is 5.56 Å². The molecule has 0 atom stereocenters. The maximum Gasteiger partial charge on any atom is 0.284 e. The quantitative estimate of drug-likeness (QED) is 0.730. The molecule has 0 saturated carbocycles. The van der Waals surface area contributed by atoms with Crippen LogP contribution in [0.5, 0.6) is 0 Å². The maximum atomic E-state index is 12.7. The van der Waals surface area contributed by atoms with Gasteiger partial charge in [-0.25, -0.2) is 0 Å². The number of fused-ring (bicyclic) bond motifs is 1. The Morgan fingerprint density at radius 3 is 2.65 bits per heavy atom. The number of hydrogen-bond donors (Lipinski definition) is 0. The summed E-state index contributed by atoms with van der Waals surface area (Å²) in [5.41, 5.74) is 1.43. The van der Waals surface area contributed by atoms with E-state index in [1.54, 1.807) is 24.3 Å². The fourth-order valence-electron chi connectivity index (χ4n) is 2.05. The topological polar surface area (TPSA) is 52.0 Å². The van der Waals surface area contributed by atoms with E-state index < -0.39 is 10.0 Å². The smallest absolute Gasteiger partial charge is 0.199 e. The summed E-state index contributed by atoms with van der Waals surface area (Å²) in [5, 5.41) is 4.94. The van der Waals surface area contributed by atoms with Crippen molar-refractivity contribution >= 4 is 32.5 Å². The molecule has 2 aromatic carbocycles. The molecule has 0 fully saturated rings. The van der Waals surface area contributed by atoms with Crippen LogP contribution in [0.2, 0.25) is 5.02 Å². The van der Waals surface area contributed by atoms with Crippen LogP contribution >= 0.6 is 11.6 Å². The summed E-state index contributed by atoms with van der Waals surface area (Å²) in [6.07, 6.45) is 1.52. The molecule has 0 unspecified atom stereocenters. The maximum absolute atomic E-state index is 12.7. The molecule has 4 nitrogen and oxygen atoms in total. The van der Waals surface area contributed by atoms with Gasteiger partial charge in [0.25, 0.3) is 10.0 Å². The summed E-state index contributed by atoms with van der Waals surface area (Å²) >= 11 is 6.06. The number of nitrogens with zero attached hydrogens (tertiary/aromatic N) is 2. The van der Waals surface area contributed by atoms with Crippen molar-refractivity contribution in [3.8, 4) is 0 Å². The predicted octanol–water partition coefficient (Wildman–Crippen LogP) is 3.24. The van der Waals surface area contributed by atoms with Crippen molar-refractivity contribution in [3.63, 3.8) is 0 Å². The molecular formula is C14H11ClN2O2S. The lowest BCUT2D eigenvalue weighted by Gasteiger charge is -2.08. The highest BCUT2D eigenvalue weighted by molar-refractivity contribution is 7.90. The van der Waals surface area contributed by atoms with Crippen LogP contribution in [-0.4, -0.2) is 17.6 Å². The van der Waals surface area contributed by atoms with Gasteiger partial charge in [0.15, 0.2) is 0 Å². The van der Waals surface area contributed by atoms with E-state index in [1.165, 1.54) is 12.3 Å². The predicted molar refractivity (Wildman–Crippen MR) is 78.5 cm³/mol. The van der Waals surface area contributed by atoms with E-state index in [0.29, 0.717) is 5.52 Å². The van der Waals surface area contributed by atoms with Gasteiger partial charge in [-0.05, 0) is 30.7 Å². The molecule has 1 aromatic heterocycles. The van der Waals surface area contributed by atoms with E-state index in [9.17, 15) is 8.42 Å². The van der Waals surface area contributed by atoms with Gasteiger partial charge in [0.1, 0.15) is 4.90 Å². The van der Waals surface area contributed by atoms with E-state index in [-0.39, 0.29) is 9.92 Å². The lowest BCUT2D eigenvalue weighted by atomic mass is 10.2. The Balaban J connectivity index is 2.26. The Labute approximate surface area is 121 Å². The van der Waals surface area contributed by atoms with Crippen molar-refractivity contribution in [1.82, 2.24) is 9.19 Å². The Kier molecular flexibility index (Phi) is 3.03. The van der Waals surface area contributed by atoms with E-state index in [2.05, 4.69) is 5.10 Å². The second-order valence-corrected chi connectivity index (χ2v) is 6.63. The van der Waals surface area contributed by atoms with E-state index in [0.717, 1.165) is 15.0 Å². The highest BCUT2D eigenvalue weighted by Gasteiger charge is 2.22. The van der Waals surface area contributed by atoms with Crippen LogP contribution in [0.4, 0.5) is 0 Å². The zero-order valence-electron chi connectivity index (χ0n) is 10.6. The van der Waals surface area contributed by atoms with Crippen LogP contribution in [0, 0.1) is 6.92 Å². The number of para-hydroxylation sites is 1. The normalized spacial score (nSPS) is 11.9. The molecule has 0 aliphatic heterocycles. The van der Waals surface area contributed by atoms with Gasteiger partial charge in [-0.1, -0.05) is 35.9 Å². The molecule has 0 saturated heterocycles. The molecule has 0 radical (unpaired) electrons. The highest BCUT2D eigenvalue weighted by atomic mass is 35.5. The van der Waals surface area contributed by atoms with Crippen molar-refractivity contribution in [2.24, 2.45) is 0 Å². The minimum Gasteiger partial charge on any atom is -0.199 e. The third-order valence-electron chi connectivity index (χ3n) is 3.04. The van der Waals surface area contributed by atoms with Crippen molar-refractivity contribution in [1.29, 1.82) is 0 Å². The summed E-state index contributed by atoms with van der Waals surface area (Å²) in [5.74, 6) is 0. The minimum absolute atomic E-state index is 0.0543. The zero-order valence-corrected chi connectivity index (χ0v) is 12.2. The van der Waals surface area contributed by atoms with Crippen molar-refractivity contribution in [2.45, 2.75) is 11.8 Å². The minimum atomic E-state index is -3.80. The molecule has 102 valence electrons. The van der Waals surface area contributed by atoms with E-state index in [1.807, 2.05) is 19.1 Å². The lowest BCUT2D eigenvalue weighted by Crippen LogP contribution is -2.14. The van der Waals surface area contributed by atoms with Gasteiger partial charge >= 0.3 is 0 Å². The van der Waals surface area contributed by atoms with E-state index >= 15 is 0 Å². The molecular weight excluding hydrogens is 296 g/mol. The molecule has 1 heterocycles. The van der Waals surface area contributed by atoms with Gasteiger partial charge in [0.05, 0.1) is 16.7 Å². The summed E-state index contributed by atoms with van der Waals surface area (Å²) < 4.78 is 26.3. The van der Waals surface area contributed by atoms with Gasteiger partial charge < -0.3 is 0 Å². The van der Waals surface area contributed by atoms with Crippen LogP contribution in [0.15, 0.2) is 53.6 Å². The number of rotatable bonds is 2. The average molecular weight is 307 g/mol. The number of aromatic nitrogens is 2. The second-order valence-electron chi connectivity index (χ2n) is 4.49. The van der Waals surface area contributed by atoms with Gasteiger partial charge in [-0.15, -0.1) is 0 Å². The van der Waals surface area contributed by atoms with Crippen LogP contribution in [-0.2, 0) is 10.0 Å². The van der Waals surface area contributed by atoms with Crippen LogP contribution < -0.4 is 0 Å². The van der Waals surface area contributed by atoms with E-state index in [4.69, 9.17) is 11.6 Å². The molecule has 20 heavy (non-hydrogen) atoms. The molecule has 0 N–H and O–H groups in total. The van der Waals surface area contributed by atoms with Crippen molar-refractivity contribution < 1.29 is 8.42 Å². The molecule has 3 rings (SSSR count). The number of aryl methyl sites for hydroxylation is 1. The summed E-state index contributed by atoms with van der Waals surface area (Å²) in [6.45, 7) is 1.85. The summed E-state index contributed by atoms with van der Waals surface area (Å²) in [4.78, 5) is 0.0543. The Bertz CT molecular complexity index is 900. The Morgan fingerprint density at radius 2 is 1.90 bits per heavy atom. The highest BCUT2D eigenvalue weighted by Crippen LogP contribution is 2.26. The van der Waals surface area contributed by atoms with Crippen molar-refractivity contribution in [3.05, 3.63) is 59.2 Å². The molecule has 6 heteroatoms. The molecule has 0 aliphatic carbocycles. The third-order valence-corrected chi connectivity index (χ3v) is 5.12. The first-order valence-electron chi connectivity index (χ1n) is 5.94. The zero-order chi connectivity index (χ0) is 14.3. The van der Waals surface area contributed by atoms with Gasteiger partial charge in [-0.3, -0.25) is 0 Å². The molecule has 0 aliphatic rings. The molecule has 0 spiro atoms. The molecule has 3 aromatic rings. The van der Waals surface area contributed by atoms with Crippen LogP contribution in [0.25, 0.3) is 10.9 Å². The fraction of sp³-hybridized carbons (Fsp3) is 0.0714. The van der Waals surface area contributed by atoms with Gasteiger partial charge in [0.2, 0.25) is 0 Å². The Morgan fingerprint density at radius 1 is 1.15 bits per heavy atom. The largest absolute Gasteiger partial charge is 0.284 e. The molecule has 0 bridgehead atoms. The first-order chi connectivity index (χ1) is 9.50. The lowest BCUT2D eigenvalue weighted by molar-refractivity contribution is 0.582. The third kappa shape index (κ3) is 1.99. The number of hydrogen-bond acceptors (Lipinski definition) is 3. The number of benzene rings is 2. The first kappa shape index (κ1) is 13.1. The SMILES string of the molecule is Cc1ccc(S(=O)(=O)n2ncc3ccccc32)c(Cl)c1. The monoisotopic (exact) mass is 306 g/mol. The second kappa shape index (κ2) is 4.61. The first-order valence-corrected chi connectivity index (χ1v) is 7.76. The van der Waals surface area contributed by atoms with Gasteiger partial charge in [-0.2, -0.15) is 17.6 Å². The Hall–Kier alpha value is -1.85. The van der Waals surface area contributed by atoms with Gasteiger partial charge in [0, 0.05) is 5.39 Å². The average Bonchev–Trinajstić information content (AvgIpc) is 2.82. The standard InChI is InChI=1S/C14H11ClN2O2S/c1-10-6-7-14(12(15)8-10)20(18,19)17-13-5-3-2-4-11(13)9-16-17/h2-9H,1H3. The summed E-state index contributed by atoms with van der Waals surface area (Å²) in [7, 11) is -3.80. The van der Waals surface area contributed by atoms with Crippen molar-refractivity contribution in [2.75, 3.05) is 0 Å². The number of halogens is 1. The van der Waals surface area contributed by atoms with Crippen LogP contribution in [0.3, 0.4) is 0 Å². The molecule has 0 amide bonds.